The van der Waals surface area contributed by atoms with E-state index in [1.165, 1.54) is 10.7 Å². The molecule has 0 saturated heterocycles. The highest BCUT2D eigenvalue weighted by molar-refractivity contribution is 8.02. The second kappa shape index (κ2) is 6.78. The van der Waals surface area contributed by atoms with Gasteiger partial charge >= 0.3 is 0 Å². The topological polar surface area (TPSA) is 15.0 Å². The van der Waals surface area contributed by atoms with Crippen molar-refractivity contribution in [3.05, 3.63) is 11.1 Å². The molecule has 0 fully saturated rings. The molecule has 88 valence electrons. The van der Waals surface area contributed by atoms with E-state index in [-0.39, 0.29) is 24.0 Å². The number of thioether (sulfide) groups is 1. The molecule has 2 nitrogen and oxygen atoms in total. The molecule has 1 unspecified atom stereocenters. The van der Waals surface area contributed by atoms with E-state index in [0.29, 0.717) is 12.0 Å². The quantitative estimate of drug-likeness (QED) is 0.509. The molecule has 1 N–H and O–H groups in total. The van der Waals surface area contributed by atoms with E-state index in [4.69, 9.17) is 0 Å². The molecule has 0 amide bonds. The van der Waals surface area contributed by atoms with Crippen molar-refractivity contribution in [2.24, 2.45) is 5.92 Å². The largest absolute Gasteiger partial charge is 1.00 e. The Kier molecular flexibility index (Phi) is 6.91. The lowest BCUT2D eigenvalue weighted by Crippen LogP contribution is -3.00. The second-order valence-electron chi connectivity index (χ2n) is 4.30. The third-order valence-corrected chi connectivity index (χ3v) is 3.33. The van der Waals surface area contributed by atoms with E-state index in [0.717, 1.165) is 6.42 Å². The Labute approximate surface area is 115 Å². The first-order valence-corrected chi connectivity index (χ1v) is 6.32. The van der Waals surface area contributed by atoms with Crippen LogP contribution in [0.2, 0.25) is 0 Å². The standard InChI is InChI=1S/C11H20N2S.HI/c1-8(2)10-6-9(13(3)4)7-11(12-10)14-5;/h7-8,10H,6H2,1-5H3;1H. The summed E-state index contributed by atoms with van der Waals surface area (Å²) in [5.74, 6) is 0.681. The highest BCUT2D eigenvalue weighted by atomic mass is 127. The van der Waals surface area contributed by atoms with Crippen molar-refractivity contribution in [1.29, 1.82) is 0 Å². The molecule has 4 heteroatoms. The molecular weight excluding hydrogens is 319 g/mol. The minimum absolute atomic E-state index is 0. The third kappa shape index (κ3) is 4.34. The first-order chi connectivity index (χ1) is 6.54. The summed E-state index contributed by atoms with van der Waals surface area (Å²) in [6.45, 7) is 4.54. The number of rotatable bonds is 2. The third-order valence-electron chi connectivity index (χ3n) is 2.65. The van der Waals surface area contributed by atoms with E-state index in [2.05, 4.69) is 50.2 Å². The molecule has 0 spiro atoms. The molecule has 1 rings (SSSR count). The molecule has 0 bridgehead atoms. The Morgan fingerprint density at radius 1 is 1.47 bits per heavy atom. The molecule has 0 radical (unpaired) electrons. The summed E-state index contributed by atoms with van der Waals surface area (Å²) in [4.78, 5) is 0. The SMILES string of the molecule is CSC1=CC(=[N+](C)C)CC(C(C)C)N1.[I-]. The lowest BCUT2D eigenvalue weighted by atomic mass is 9.96. The number of nitrogens with zero attached hydrogens (tertiary/aromatic N) is 1. The summed E-state index contributed by atoms with van der Waals surface area (Å²) in [6, 6.07) is 0.583. The van der Waals surface area contributed by atoms with Crippen molar-refractivity contribution in [2.75, 3.05) is 20.4 Å². The lowest BCUT2D eigenvalue weighted by molar-refractivity contribution is -0.465. The van der Waals surface area contributed by atoms with Gasteiger partial charge < -0.3 is 29.3 Å². The van der Waals surface area contributed by atoms with Crippen LogP contribution in [0.25, 0.3) is 0 Å². The van der Waals surface area contributed by atoms with Gasteiger partial charge in [0.2, 0.25) is 0 Å². The summed E-state index contributed by atoms with van der Waals surface area (Å²) < 4.78 is 2.21. The van der Waals surface area contributed by atoms with Gasteiger partial charge in [-0.25, -0.2) is 4.58 Å². The lowest BCUT2D eigenvalue weighted by Gasteiger charge is -2.27. The van der Waals surface area contributed by atoms with Gasteiger partial charge in [-0.15, -0.1) is 11.8 Å². The molecule has 1 aliphatic rings. The fourth-order valence-corrected chi connectivity index (χ4v) is 2.07. The maximum absolute atomic E-state index is 3.56. The van der Waals surface area contributed by atoms with Crippen molar-refractivity contribution < 1.29 is 28.6 Å². The number of hydrogen-bond acceptors (Lipinski definition) is 2. The van der Waals surface area contributed by atoms with Gasteiger partial charge in [-0.2, -0.15) is 0 Å². The molecule has 1 aliphatic heterocycles. The average Bonchev–Trinajstić information content (AvgIpc) is 2.16. The van der Waals surface area contributed by atoms with Crippen molar-refractivity contribution in [1.82, 2.24) is 5.32 Å². The number of nitrogens with one attached hydrogen (secondary N) is 1. The normalized spacial score (nSPS) is 20.5. The fourth-order valence-electron chi connectivity index (χ4n) is 1.54. The summed E-state index contributed by atoms with van der Waals surface area (Å²) in [5, 5.41) is 4.85. The highest BCUT2D eigenvalue weighted by Gasteiger charge is 2.24. The molecule has 0 aliphatic carbocycles. The Hall–Kier alpha value is 0.290. The van der Waals surface area contributed by atoms with E-state index < -0.39 is 0 Å². The zero-order valence-electron chi connectivity index (χ0n) is 10.2. The Balaban J connectivity index is 0.00000196. The Morgan fingerprint density at radius 3 is 2.47 bits per heavy atom. The van der Waals surface area contributed by atoms with Crippen LogP contribution in [0, 0.1) is 5.92 Å². The minimum atomic E-state index is 0. The van der Waals surface area contributed by atoms with Crippen molar-refractivity contribution in [2.45, 2.75) is 26.3 Å². The molecule has 1 atom stereocenters. The summed E-state index contributed by atoms with van der Waals surface area (Å²) >= 11 is 1.79. The Bertz CT molecular complexity index is 268. The van der Waals surface area contributed by atoms with Crippen LogP contribution in [0.15, 0.2) is 11.1 Å². The van der Waals surface area contributed by atoms with Crippen molar-refractivity contribution in [3.63, 3.8) is 0 Å². The number of allylic oxidation sites excluding steroid dienone is 1. The van der Waals surface area contributed by atoms with Crippen LogP contribution in [0.1, 0.15) is 20.3 Å². The van der Waals surface area contributed by atoms with Crippen LogP contribution in [0.5, 0.6) is 0 Å². The zero-order chi connectivity index (χ0) is 10.7. The van der Waals surface area contributed by atoms with Gasteiger partial charge in [-0.3, -0.25) is 0 Å². The van der Waals surface area contributed by atoms with Crippen molar-refractivity contribution in [3.8, 4) is 0 Å². The van der Waals surface area contributed by atoms with E-state index in [1.54, 1.807) is 11.8 Å². The van der Waals surface area contributed by atoms with Crippen LogP contribution in [-0.4, -0.2) is 36.7 Å². The minimum Gasteiger partial charge on any atom is -1.00 e. The maximum Gasteiger partial charge on any atom is 0.180 e. The van der Waals surface area contributed by atoms with Crippen LogP contribution in [0.3, 0.4) is 0 Å². The smallest absolute Gasteiger partial charge is 0.180 e. The average molecular weight is 340 g/mol. The van der Waals surface area contributed by atoms with Crippen LogP contribution >= 0.6 is 11.8 Å². The van der Waals surface area contributed by atoms with Gasteiger partial charge in [-0.05, 0) is 12.2 Å². The first kappa shape index (κ1) is 15.3. The molecule has 0 aromatic rings. The Morgan fingerprint density at radius 2 is 2.07 bits per heavy atom. The van der Waals surface area contributed by atoms with Gasteiger partial charge in [0.15, 0.2) is 5.71 Å². The number of hydrogen-bond donors (Lipinski definition) is 1. The van der Waals surface area contributed by atoms with Gasteiger partial charge in [0, 0.05) is 12.1 Å². The molecule has 0 aromatic carbocycles. The summed E-state index contributed by atoms with van der Waals surface area (Å²) in [5.41, 5.74) is 1.42. The molecule has 0 aromatic heterocycles. The van der Waals surface area contributed by atoms with E-state index in [1.807, 2.05) is 0 Å². The van der Waals surface area contributed by atoms with Crippen LogP contribution in [-0.2, 0) is 0 Å². The predicted octanol–water partition coefficient (Wildman–Crippen LogP) is -1.07. The molecular formula is C11H21IN2S. The molecule has 0 saturated carbocycles. The van der Waals surface area contributed by atoms with Gasteiger partial charge in [0.1, 0.15) is 14.1 Å². The van der Waals surface area contributed by atoms with Gasteiger partial charge in [0.25, 0.3) is 0 Å². The molecule has 1 heterocycles. The van der Waals surface area contributed by atoms with Gasteiger partial charge in [0.05, 0.1) is 11.4 Å². The monoisotopic (exact) mass is 340 g/mol. The molecule has 15 heavy (non-hydrogen) atoms. The van der Waals surface area contributed by atoms with E-state index >= 15 is 0 Å². The van der Waals surface area contributed by atoms with Crippen LogP contribution in [0.4, 0.5) is 0 Å². The van der Waals surface area contributed by atoms with Gasteiger partial charge in [-0.1, -0.05) is 13.8 Å². The first-order valence-electron chi connectivity index (χ1n) is 5.10. The predicted molar refractivity (Wildman–Crippen MR) is 65.1 cm³/mol. The summed E-state index contributed by atoms with van der Waals surface area (Å²) in [7, 11) is 4.24. The number of halogens is 1. The highest BCUT2D eigenvalue weighted by Crippen LogP contribution is 2.20. The van der Waals surface area contributed by atoms with E-state index in [9.17, 15) is 0 Å². The maximum atomic E-state index is 3.56. The fraction of sp³-hybridized carbons (Fsp3) is 0.727. The van der Waals surface area contributed by atoms with Crippen LogP contribution < -0.4 is 29.3 Å². The zero-order valence-corrected chi connectivity index (χ0v) is 13.1. The second-order valence-corrected chi connectivity index (χ2v) is 5.15. The summed E-state index contributed by atoms with van der Waals surface area (Å²) in [6.07, 6.45) is 5.51. The van der Waals surface area contributed by atoms with Crippen molar-refractivity contribution >= 4 is 17.5 Å².